The van der Waals surface area contributed by atoms with Gasteiger partial charge in [0.1, 0.15) is 5.65 Å². The summed E-state index contributed by atoms with van der Waals surface area (Å²) in [5.74, 6) is 0. The lowest BCUT2D eigenvalue weighted by atomic mass is 10.3. The Bertz CT molecular complexity index is 524. The number of imidazole rings is 1. The second-order valence-electron chi connectivity index (χ2n) is 4.57. The van der Waals surface area contributed by atoms with Crippen molar-refractivity contribution >= 4 is 5.65 Å². The number of fused-ring (bicyclic) bond motifs is 1. The molecule has 0 saturated heterocycles. The minimum absolute atomic E-state index is 0.152. The Morgan fingerprint density at radius 1 is 1.37 bits per heavy atom. The van der Waals surface area contributed by atoms with Crippen molar-refractivity contribution in [3.8, 4) is 0 Å². The minimum atomic E-state index is 0.152. The van der Waals surface area contributed by atoms with Gasteiger partial charge in [0.2, 0.25) is 0 Å². The maximum absolute atomic E-state index is 9.14. The number of pyridine rings is 1. The molecular formula is C14H21N3O2. The zero-order valence-corrected chi connectivity index (χ0v) is 11.5. The van der Waals surface area contributed by atoms with Crippen molar-refractivity contribution in [1.29, 1.82) is 0 Å². The van der Waals surface area contributed by atoms with E-state index in [-0.39, 0.29) is 6.61 Å². The molecule has 0 atom stereocenters. The largest absolute Gasteiger partial charge is 0.395 e. The van der Waals surface area contributed by atoms with E-state index in [1.54, 1.807) is 7.11 Å². The molecule has 2 aromatic heterocycles. The van der Waals surface area contributed by atoms with Crippen LogP contribution in [0.15, 0.2) is 24.4 Å². The third-order valence-corrected chi connectivity index (χ3v) is 3.23. The first kappa shape index (κ1) is 14.0. The van der Waals surface area contributed by atoms with Gasteiger partial charge in [-0.25, -0.2) is 4.98 Å². The molecule has 104 valence electrons. The second-order valence-corrected chi connectivity index (χ2v) is 4.57. The summed E-state index contributed by atoms with van der Waals surface area (Å²) in [6.45, 7) is 5.05. The maximum Gasteiger partial charge on any atom is 0.137 e. The number of hydrogen-bond acceptors (Lipinski definition) is 4. The molecule has 0 saturated carbocycles. The van der Waals surface area contributed by atoms with Gasteiger partial charge < -0.3 is 14.2 Å². The number of rotatable bonds is 7. The number of ether oxygens (including phenoxy) is 1. The third kappa shape index (κ3) is 3.32. The predicted molar refractivity (Wildman–Crippen MR) is 74.2 cm³/mol. The highest BCUT2D eigenvalue weighted by atomic mass is 16.5. The van der Waals surface area contributed by atoms with E-state index in [9.17, 15) is 0 Å². The Kier molecular flexibility index (Phi) is 4.90. The van der Waals surface area contributed by atoms with Crippen LogP contribution in [0.5, 0.6) is 0 Å². The lowest BCUT2D eigenvalue weighted by Crippen LogP contribution is -2.30. The molecule has 5 heteroatoms. The fourth-order valence-corrected chi connectivity index (χ4v) is 2.20. The molecule has 0 spiro atoms. The molecule has 0 amide bonds. The SMILES string of the molecule is COCCN(CCO)Cc1c(C)nc2ccccn12. The van der Waals surface area contributed by atoms with Crippen molar-refractivity contribution in [3.63, 3.8) is 0 Å². The number of aromatic nitrogens is 2. The van der Waals surface area contributed by atoms with Crippen LogP contribution < -0.4 is 0 Å². The first-order valence-corrected chi connectivity index (χ1v) is 6.51. The van der Waals surface area contributed by atoms with E-state index in [0.717, 1.165) is 24.4 Å². The Morgan fingerprint density at radius 3 is 2.95 bits per heavy atom. The molecule has 1 N–H and O–H groups in total. The molecule has 0 aliphatic heterocycles. The van der Waals surface area contributed by atoms with Gasteiger partial charge in [0, 0.05) is 32.9 Å². The van der Waals surface area contributed by atoms with E-state index in [1.807, 2.05) is 31.3 Å². The van der Waals surface area contributed by atoms with Crippen LogP contribution in [0.25, 0.3) is 5.65 Å². The van der Waals surface area contributed by atoms with Crippen molar-refractivity contribution in [2.45, 2.75) is 13.5 Å². The highest BCUT2D eigenvalue weighted by Gasteiger charge is 2.12. The molecule has 0 fully saturated rings. The molecule has 2 rings (SSSR count). The van der Waals surface area contributed by atoms with Crippen LogP contribution in [0, 0.1) is 6.92 Å². The third-order valence-electron chi connectivity index (χ3n) is 3.23. The lowest BCUT2D eigenvalue weighted by molar-refractivity contribution is 0.125. The summed E-state index contributed by atoms with van der Waals surface area (Å²) >= 11 is 0. The van der Waals surface area contributed by atoms with Gasteiger partial charge in [-0.3, -0.25) is 4.90 Å². The fourth-order valence-electron chi connectivity index (χ4n) is 2.20. The molecule has 19 heavy (non-hydrogen) atoms. The van der Waals surface area contributed by atoms with Crippen LogP contribution in [-0.4, -0.2) is 52.8 Å². The number of nitrogens with zero attached hydrogens (tertiary/aromatic N) is 3. The van der Waals surface area contributed by atoms with E-state index in [0.29, 0.717) is 13.2 Å². The Hall–Kier alpha value is -1.43. The molecule has 0 aromatic carbocycles. The predicted octanol–water partition coefficient (Wildman–Crippen LogP) is 1.08. The molecule has 0 radical (unpaired) electrons. The number of hydrogen-bond donors (Lipinski definition) is 1. The van der Waals surface area contributed by atoms with Gasteiger partial charge in [-0.1, -0.05) is 6.07 Å². The van der Waals surface area contributed by atoms with Crippen LogP contribution in [0.1, 0.15) is 11.4 Å². The number of aliphatic hydroxyl groups excluding tert-OH is 1. The molecule has 5 nitrogen and oxygen atoms in total. The van der Waals surface area contributed by atoms with Crippen LogP contribution in [0.2, 0.25) is 0 Å². The first-order chi connectivity index (χ1) is 9.26. The summed E-state index contributed by atoms with van der Waals surface area (Å²) in [5.41, 5.74) is 3.16. The summed E-state index contributed by atoms with van der Waals surface area (Å²) in [6, 6.07) is 5.99. The average molecular weight is 263 g/mol. The zero-order chi connectivity index (χ0) is 13.7. The quantitative estimate of drug-likeness (QED) is 0.812. The van der Waals surface area contributed by atoms with Gasteiger partial charge in [-0.15, -0.1) is 0 Å². The van der Waals surface area contributed by atoms with E-state index >= 15 is 0 Å². The zero-order valence-electron chi connectivity index (χ0n) is 11.5. The summed E-state index contributed by atoms with van der Waals surface area (Å²) < 4.78 is 7.21. The van der Waals surface area contributed by atoms with Crippen LogP contribution in [0.4, 0.5) is 0 Å². The van der Waals surface area contributed by atoms with Crippen LogP contribution in [-0.2, 0) is 11.3 Å². The minimum Gasteiger partial charge on any atom is -0.395 e. The smallest absolute Gasteiger partial charge is 0.137 e. The highest BCUT2D eigenvalue weighted by Crippen LogP contribution is 2.13. The molecule has 0 bridgehead atoms. The van der Waals surface area contributed by atoms with E-state index in [1.165, 1.54) is 5.69 Å². The van der Waals surface area contributed by atoms with Crippen molar-refractivity contribution in [2.75, 3.05) is 33.4 Å². The number of aliphatic hydroxyl groups is 1. The maximum atomic E-state index is 9.14. The molecular weight excluding hydrogens is 242 g/mol. The topological polar surface area (TPSA) is 50.0 Å². The molecule has 0 aliphatic carbocycles. The molecule has 2 aromatic rings. The van der Waals surface area contributed by atoms with Crippen molar-refractivity contribution in [3.05, 3.63) is 35.8 Å². The van der Waals surface area contributed by atoms with E-state index in [2.05, 4.69) is 14.3 Å². The lowest BCUT2D eigenvalue weighted by Gasteiger charge is -2.21. The standard InChI is InChI=1S/C14H21N3O2/c1-12-13(11-16(7-9-18)8-10-19-2)17-6-4-3-5-14(17)15-12/h3-6,18H,7-11H2,1-2H3. The van der Waals surface area contributed by atoms with Crippen molar-refractivity contribution in [2.24, 2.45) is 0 Å². The van der Waals surface area contributed by atoms with E-state index in [4.69, 9.17) is 9.84 Å². The van der Waals surface area contributed by atoms with Crippen LogP contribution >= 0.6 is 0 Å². The average Bonchev–Trinajstić information content (AvgIpc) is 2.73. The van der Waals surface area contributed by atoms with Gasteiger partial charge in [0.15, 0.2) is 0 Å². The summed E-state index contributed by atoms with van der Waals surface area (Å²) in [6.07, 6.45) is 2.03. The van der Waals surface area contributed by atoms with Crippen molar-refractivity contribution < 1.29 is 9.84 Å². The van der Waals surface area contributed by atoms with Gasteiger partial charge in [-0.05, 0) is 19.1 Å². The summed E-state index contributed by atoms with van der Waals surface area (Å²) in [5, 5.41) is 9.14. The monoisotopic (exact) mass is 263 g/mol. The molecule has 0 unspecified atom stereocenters. The van der Waals surface area contributed by atoms with E-state index < -0.39 is 0 Å². The Labute approximate surface area is 113 Å². The number of aryl methyl sites for hydroxylation is 1. The van der Waals surface area contributed by atoms with Gasteiger partial charge >= 0.3 is 0 Å². The van der Waals surface area contributed by atoms with Crippen molar-refractivity contribution in [1.82, 2.24) is 14.3 Å². The van der Waals surface area contributed by atoms with Crippen LogP contribution in [0.3, 0.4) is 0 Å². The van der Waals surface area contributed by atoms with Gasteiger partial charge in [0.25, 0.3) is 0 Å². The summed E-state index contributed by atoms with van der Waals surface area (Å²) in [7, 11) is 1.69. The molecule has 2 heterocycles. The van der Waals surface area contributed by atoms with Gasteiger partial charge in [-0.2, -0.15) is 0 Å². The Balaban J connectivity index is 2.20. The Morgan fingerprint density at radius 2 is 2.21 bits per heavy atom. The van der Waals surface area contributed by atoms with Gasteiger partial charge in [0.05, 0.1) is 24.6 Å². The normalized spacial score (nSPS) is 11.6. The fraction of sp³-hybridized carbons (Fsp3) is 0.500. The summed E-state index contributed by atoms with van der Waals surface area (Å²) in [4.78, 5) is 6.72. The molecule has 0 aliphatic rings. The highest BCUT2D eigenvalue weighted by molar-refractivity contribution is 5.42. The number of methoxy groups -OCH3 is 1. The first-order valence-electron chi connectivity index (χ1n) is 6.51. The second kappa shape index (κ2) is 6.65.